The molecule has 0 bridgehead atoms. The molecule has 1 amide bonds. The first-order valence-electron chi connectivity index (χ1n) is 8.33. The van der Waals surface area contributed by atoms with Gasteiger partial charge in [-0.15, -0.1) is 0 Å². The van der Waals surface area contributed by atoms with Crippen molar-refractivity contribution in [3.63, 3.8) is 0 Å². The Morgan fingerprint density at radius 3 is 2.73 bits per heavy atom. The molecule has 1 N–H and O–H groups in total. The summed E-state index contributed by atoms with van der Waals surface area (Å²) in [5.41, 5.74) is 0. The Kier molecular flexibility index (Phi) is 4.84. The van der Waals surface area contributed by atoms with Gasteiger partial charge in [-0.2, -0.15) is 0 Å². The molecule has 2 atom stereocenters. The summed E-state index contributed by atoms with van der Waals surface area (Å²) in [6.45, 7) is 2.60. The van der Waals surface area contributed by atoms with Crippen LogP contribution >= 0.6 is 0 Å². The number of piperidine rings is 1. The average Bonchev–Trinajstić information content (AvgIpc) is 3.17. The minimum absolute atomic E-state index is 0.0235. The summed E-state index contributed by atoms with van der Waals surface area (Å²) in [5.74, 6) is 1.01. The molecule has 3 rings (SSSR count). The summed E-state index contributed by atoms with van der Waals surface area (Å²) >= 11 is 0. The number of hydrogen-bond donors (Lipinski definition) is 1. The van der Waals surface area contributed by atoms with Crippen LogP contribution in [0.25, 0.3) is 0 Å². The number of aliphatic hydroxyl groups is 1. The predicted molar refractivity (Wildman–Crippen MR) is 83.1 cm³/mol. The highest BCUT2D eigenvalue weighted by Crippen LogP contribution is 2.30. The van der Waals surface area contributed by atoms with Gasteiger partial charge >= 0.3 is 0 Å². The van der Waals surface area contributed by atoms with Crippen molar-refractivity contribution in [2.45, 2.75) is 50.8 Å². The van der Waals surface area contributed by atoms with E-state index in [4.69, 9.17) is 4.42 Å². The zero-order valence-electron chi connectivity index (χ0n) is 13.3. The van der Waals surface area contributed by atoms with Gasteiger partial charge in [0.25, 0.3) is 0 Å². The van der Waals surface area contributed by atoms with Gasteiger partial charge in [-0.1, -0.05) is 0 Å². The van der Waals surface area contributed by atoms with Crippen molar-refractivity contribution in [3.8, 4) is 0 Å². The lowest BCUT2D eigenvalue weighted by Gasteiger charge is -2.38. The van der Waals surface area contributed by atoms with E-state index in [0.717, 1.165) is 44.5 Å². The molecule has 0 radical (unpaired) electrons. The number of rotatable bonds is 4. The van der Waals surface area contributed by atoms with Crippen LogP contribution in [-0.2, 0) is 11.3 Å². The third kappa shape index (κ3) is 3.52. The molecule has 5 nitrogen and oxygen atoms in total. The maximum atomic E-state index is 13.0. The maximum absolute atomic E-state index is 13.0. The standard InChI is InChI=1S/C17H26N2O3/c1-18-8-6-14(7-9-18)19(12-16-3-2-10-22-16)17(21)13-4-5-15(20)11-13/h2-3,10,13-15,20H,4-9,11-12H2,1H3/t13-,15-/m1/s1. The predicted octanol–water partition coefficient (Wildman–Crippen LogP) is 1.86. The van der Waals surface area contributed by atoms with Gasteiger partial charge in [0.2, 0.25) is 5.91 Å². The van der Waals surface area contributed by atoms with Crippen LogP contribution in [-0.4, -0.2) is 53.1 Å². The lowest BCUT2D eigenvalue weighted by Crippen LogP contribution is -2.47. The van der Waals surface area contributed by atoms with E-state index in [1.807, 2.05) is 17.0 Å². The summed E-state index contributed by atoms with van der Waals surface area (Å²) < 4.78 is 5.46. The first-order valence-corrected chi connectivity index (χ1v) is 8.33. The molecule has 0 aromatic carbocycles. The van der Waals surface area contributed by atoms with Gasteiger partial charge in [0.1, 0.15) is 5.76 Å². The number of aliphatic hydroxyl groups excluding tert-OH is 1. The Labute approximate surface area is 131 Å². The molecule has 1 aromatic rings. The van der Waals surface area contributed by atoms with Crippen molar-refractivity contribution in [2.24, 2.45) is 5.92 Å². The molecule has 2 fully saturated rings. The van der Waals surface area contributed by atoms with Gasteiger partial charge in [0.15, 0.2) is 0 Å². The average molecular weight is 306 g/mol. The second-order valence-corrected chi connectivity index (χ2v) is 6.74. The molecule has 1 aliphatic heterocycles. The SMILES string of the molecule is CN1CCC(N(Cc2ccco2)C(=O)[C@@H]2CC[C@@H](O)C2)CC1. The molecule has 2 heterocycles. The third-order valence-corrected chi connectivity index (χ3v) is 5.07. The lowest BCUT2D eigenvalue weighted by molar-refractivity contribution is -0.140. The summed E-state index contributed by atoms with van der Waals surface area (Å²) in [7, 11) is 2.13. The Morgan fingerprint density at radius 1 is 1.36 bits per heavy atom. The van der Waals surface area contributed by atoms with Crippen LogP contribution in [0.5, 0.6) is 0 Å². The summed E-state index contributed by atoms with van der Waals surface area (Å²) in [5, 5.41) is 9.74. The largest absolute Gasteiger partial charge is 0.467 e. The highest BCUT2D eigenvalue weighted by molar-refractivity contribution is 5.79. The Balaban J connectivity index is 1.71. The fourth-order valence-corrected chi connectivity index (χ4v) is 3.68. The molecular formula is C17H26N2O3. The monoisotopic (exact) mass is 306 g/mol. The van der Waals surface area contributed by atoms with Crippen molar-refractivity contribution < 1.29 is 14.3 Å². The first-order chi connectivity index (χ1) is 10.6. The Hall–Kier alpha value is -1.33. The number of nitrogens with zero attached hydrogens (tertiary/aromatic N) is 2. The summed E-state index contributed by atoms with van der Waals surface area (Å²) in [6, 6.07) is 4.08. The molecule has 122 valence electrons. The van der Waals surface area contributed by atoms with E-state index in [2.05, 4.69) is 11.9 Å². The molecular weight excluding hydrogens is 280 g/mol. The molecule has 1 aliphatic carbocycles. The summed E-state index contributed by atoms with van der Waals surface area (Å²) in [4.78, 5) is 17.3. The van der Waals surface area contributed by atoms with Gasteiger partial charge in [-0.05, 0) is 64.4 Å². The highest BCUT2D eigenvalue weighted by Gasteiger charge is 2.35. The van der Waals surface area contributed by atoms with Crippen LogP contribution in [0.1, 0.15) is 37.9 Å². The molecule has 5 heteroatoms. The number of carbonyl (C=O) groups excluding carboxylic acids is 1. The normalized spacial score (nSPS) is 27.2. The quantitative estimate of drug-likeness (QED) is 0.922. The van der Waals surface area contributed by atoms with Gasteiger partial charge in [-0.25, -0.2) is 0 Å². The van der Waals surface area contributed by atoms with E-state index in [0.29, 0.717) is 13.0 Å². The molecule has 0 spiro atoms. The Morgan fingerprint density at radius 2 is 2.14 bits per heavy atom. The van der Waals surface area contributed by atoms with E-state index in [9.17, 15) is 9.90 Å². The number of furan rings is 1. The van der Waals surface area contributed by atoms with Crippen molar-refractivity contribution in [3.05, 3.63) is 24.2 Å². The number of amides is 1. The van der Waals surface area contributed by atoms with Crippen LogP contribution in [0.2, 0.25) is 0 Å². The molecule has 1 saturated heterocycles. The minimum atomic E-state index is -0.308. The topological polar surface area (TPSA) is 56.9 Å². The number of carbonyl (C=O) groups is 1. The van der Waals surface area contributed by atoms with Crippen molar-refractivity contribution in [2.75, 3.05) is 20.1 Å². The van der Waals surface area contributed by atoms with Crippen LogP contribution in [0, 0.1) is 5.92 Å². The minimum Gasteiger partial charge on any atom is -0.467 e. The van der Waals surface area contributed by atoms with Crippen LogP contribution in [0.15, 0.2) is 22.8 Å². The molecule has 1 aromatic heterocycles. The number of hydrogen-bond acceptors (Lipinski definition) is 4. The zero-order valence-corrected chi connectivity index (χ0v) is 13.3. The smallest absolute Gasteiger partial charge is 0.226 e. The van der Waals surface area contributed by atoms with Gasteiger partial charge in [0.05, 0.1) is 18.9 Å². The molecule has 2 aliphatic rings. The van der Waals surface area contributed by atoms with E-state index < -0.39 is 0 Å². The van der Waals surface area contributed by atoms with Crippen LogP contribution < -0.4 is 0 Å². The first kappa shape index (κ1) is 15.6. The van der Waals surface area contributed by atoms with Crippen molar-refractivity contribution >= 4 is 5.91 Å². The molecule has 0 unspecified atom stereocenters. The Bertz CT molecular complexity index is 480. The molecule has 1 saturated carbocycles. The van der Waals surface area contributed by atoms with Gasteiger partial charge in [0, 0.05) is 12.0 Å². The van der Waals surface area contributed by atoms with Gasteiger partial charge < -0.3 is 19.3 Å². The maximum Gasteiger partial charge on any atom is 0.226 e. The van der Waals surface area contributed by atoms with E-state index >= 15 is 0 Å². The highest BCUT2D eigenvalue weighted by atomic mass is 16.3. The lowest BCUT2D eigenvalue weighted by atomic mass is 9.99. The van der Waals surface area contributed by atoms with E-state index in [1.54, 1.807) is 6.26 Å². The second kappa shape index (κ2) is 6.84. The van der Waals surface area contributed by atoms with Crippen LogP contribution in [0.4, 0.5) is 0 Å². The van der Waals surface area contributed by atoms with Crippen LogP contribution in [0.3, 0.4) is 0 Å². The number of likely N-dealkylation sites (tertiary alicyclic amines) is 1. The summed E-state index contributed by atoms with van der Waals surface area (Å²) in [6.07, 6.45) is 5.54. The molecule has 22 heavy (non-hydrogen) atoms. The fourth-order valence-electron chi connectivity index (χ4n) is 3.68. The van der Waals surface area contributed by atoms with E-state index in [1.165, 1.54) is 0 Å². The fraction of sp³-hybridized carbons (Fsp3) is 0.706. The van der Waals surface area contributed by atoms with Crippen molar-refractivity contribution in [1.82, 2.24) is 9.80 Å². The van der Waals surface area contributed by atoms with E-state index in [-0.39, 0.29) is 24.0 Å². The zero-order chi connectivity index (χ0) is 15.5. The van der Waals surface area contributed by atoms with Crippen molar-refractivity contribution in [1.29, 1.82) is 0 Å². The van der Waals surface area contributed by atoms with Gasteiger partial charge in [-0.3, -0.25) is 4.79 Å². The second-order valence-electron chi connectivity index (χ2n) is 6.74. The third-order valence-electron chi connectivity index (χ3n) is 5.07.